The molecular weight excluding hydrogens is 389 g/mol. The zero-order valence-electron chi connectivity index (χ0n) is 14.9. The van der Waals surface area contributed by atoms with Gasteiger partial charge in [-0.05, 0) is 45.1 Å². The number of nitrogens with zero attached hydrogens (tertiary/aromatic N) is 3. The van der Waals surface area contributed by atoms with Gasteiger partial charge in [-0.25, -0.2) is 0 Å². The molecule has 1 rings (SSSR count). The second kappa shape index (κ2) is 10.9. The minimum Gasteiger partial charge on any atom is -0.357 e. The van der Waals surface area contributed by atoms with E-state index in [0.717, 1.165) is 44.1 Å². The van der Waals surface area contributed by atoms with E-state index in [1.807, 2.05) is 11.7 Å². The number of aromatic nitrogens is 2. The Hall–Kier alpha value is -0.790. The molecule has 5 nitrogen and oxygen atoms in total. The average Bonchev–Trinajstić information content (AvgIpc) is 2.64. The molecule has 1 heterocycles. The molecule has 0 bridgehead atoms. The van der Waals surface area contributed by atoms with Crippen LogP contribution in [0, 0.1) is 19.8 Å². The highest BCUT2D eigenvalue weighted by molar-refractivity contribution is 14.0. The number of aliphatic imine (C=N–C) groups is 1. The molecule has 0 aliphatic rings. The molecule has 6 heteroatoms. The summed E-state index contributed by atoms with van der Waals surface area (Å²) in [6, 6.07) is 0. The van der Waals surface area contributed by atoms with Gasteiger partial charge in [0, 0.05) is 32.4 Å². The van der Waals surface area contributed by atoms with Crippen molar-refractivity contribution in [3.63, 3.8) is 0 Å². The number of nitrogens with one attached hydrogen (secondary N) is 2. The second-order valence-corrected chi connectivity index (χ2v) is 5.89. The highest BCUT2D eigenvalue weighted by Crippen LogP contribution is 2.11. The van der Waals surface area contributed by atoms with Crippen LogP contribution in [0.2, 0.25) is 0 Å². The molecule has 1 aromatic rings. The Labute approximate surface area is 152 Å². The van der Waals surface area contributed by atoms with Crippen molar-refractivity contribution in [2.45, 2.75) is 47.5 Å². The molecule has 0 amide bonds. The number of aryl methyl sites for hydroxylation is 2. The van der Waals surface area contributed by atoms with Crippen molar-refractivity contribution in [1.29, 1.82) is 0 Å². The fraction of sp³-hybridized carbons (Fsp3) is 0.750. The topological polar surface area (TPSA) is 54.2 Å². The van der Waals surface area contributed by atoms with Gasteiger partial charge in [-0.3, -0.25) is 9.67 Å². The number of rotatable bonds is 7. The predicted molar refractivity (Wildman–Crippen MR) is 105 cm³/mol. The molecule has 0 aromatic carbocycles. The summed E-state index contributed by atoms with van der Waals surface area (Å²) in [6.45, 7) is 13.4. The van der Waals surface area contributed by atoms with Gasteiger partial charge in [0.15, 0.2) is 5.96 Å². The summed E-state index contributed by atoms with van der Waals surface area (Å²) in [4.78, 5) is 4.61. The van der Waals surface area contributed by atoms with Crippen LogP contribution >= 0.6 is 24.0 Å². The Kier molecular flexibility index (Phi) is 10.5. The third kappa shape index (κ3) is 6.98. The maximum Gasteiger partial charge on any atom is 0.191 e. The molecule has 0 saturated carbocycles. The first-order valence-corrected chi connectivity index (χ1v) is 7.96. The van der Waals surface area contributed by atoms with Crippen molar-refractivity contribution in [2.75, 3.05) is 19.6 Å². The maximum absolute atomic E-state index is 4.61. The number of guanidine groups is 1. The highest BCUT2D eigenvalue weighted by Gasteiger charge is 2.08. The van der Waals surface area contributed by atoms with Gasteiger partial charge in [-0.2, -0.15) is 5.10 Å². The lowest BCUT2D eigenvalue weighted by Gasteiger charge is -2.12. The average molecular weight is 421 g/mol. The van der Waals surface area contributed by atoms with Gasteiger partial charge >= 0.3 is 0 Å². The quantitative estimate of drug-likeness (QED) is 0.405. The highest BCUT2D eigenvalue weighted by atomic mass is 127. The third-order valence-electron chi connectivity index (χ3n) is 3.65. The second-order valence-electron chi connectivity index (χ2n) is 5.89. The van der Waals surface area contributed by atoms with E-state index in [9.17, 15) is 0 Å². The Morgan fingerprint density at radius 1 is 1.27 bits per heavy atom. The molecule has 0 atom stereocenters. The van der Waals surface area contributed by atoms with E-state index in [2.05, 4.69) is 55.3 Å². The lowest BCUT2D eigenvalue weighted by Crippen LogP contribution is -2.38. The van der Waals surface area contributed by atoms with Crippen molar-refractivity contribution in [2.24, 2.45) is 18.0 Å². The monoisotopic (exact) mass is 421 g/mol. The summed E-state index contributed by atoms with van der Waals surface area (Å²) >= 11 is 0. The molecule has 0 spiro atoms. The SMILES string of the molecule is CCNC(=NCCC(C)C)NCCc1c(C)nn(C)c1C.I. The van der Waals surface area contributed by atoms with Crippen LogP contribution in [0.5, 0.6) is 0 Å². The normalized spacial score (nSPS) is 11.5. The van der Waals surface area contributed by atoms with E-state index in [1.165, 1.54) is 11.3 Å². The van der Waals surface area contributed by atoms with Crippen molar-refractivity contribution in [3.05, 3.63) is 17.0 Å². The summed E-state index contributed by atoms with van der Waals surface area (Å²) in [6.07, 6.45) is 2.09. The smallest absolute Gasteiger partial charge is 0.191 e. The largest absolute Gasteiger partial charge is 0.357 e. The van der Waals surface area contributed by atoms with Crippen molar-refractivity contribution >= 4 is 29.9 Å². The molecule has 0 saturated heterocycles. The first-order valence-electron chi connectivity index (χ1n) is 7.96. The van der Waals surface area contributed by atoms with Crippen LogP contribution in [-0.2, 0) is 13.5 Å². The Balaban J connectivity index is 0.00000441. The molecule has 22 heavy (non-hydrogen) atoms. The number of hydrogen-bond acceptors (Lipinski definition) is 2. The Bertz CT molecular complexity index is 465. The first kappa shape index (κ1) is 21.2. The molecule has 0 aliphatic carbocycles. The van der Waals surface area contributed by atoms with Gasteiger partial charge in [-0.15, -0.1) is 24.0 Å². The van der Waals surface area contributed by atoms with Gasteiger partial charge in [0.25, 0.3) is 0 Å². The van der Waals surface area contributed by atoms with E-state index in [4.69, 9.17) is 0 Å². The molecule has 0 aliphatic heterocycles. The van der Waals surface area contributed by atoms with Gasteiger partial charge in [0.05, 0.1) is 5.69 Å². The Morgan fingerprint density at radius 3 is 2.45 bits per heavy atom. The number of hydrogen-bond donors (Lipinski definition) is 2. The molecule has 2 N–H and O–H groups in total. The summed E-state index contributed by atoms with van der Waals surface area (Å²) in [5.41, 5.74) is 3.71. The fourth-order valence-corrected chi connectivity index (χ4v) is 2.26. The minimum atomic E-state index is 0. The predicted octanol–water partition coefficient (Wildman–Crippen LogP) is 2.80. The van der Waals surface area contributed by atoms with Crippen LogP contribution in [-0.4, -0.2) is 35.4 Å². The molecule has 0 unspecified atom stereocenters. The first-order chi connectivity index (χ1) is 9.95. The molecule has 0 fully saturated rings. The van der Waals surface area contributed by atoms with Gasteiger partial charge < -0.3 is 10.6 Å². The zero-order chi connectivity index (χ0) is 15.8. The molecule has 0 radical (unpaired) electrons. The van der Waals surface area contributed by atoms with Crippen LogP contribution in [0.4, 0.5) is 0 Å². The van der Waals surface area contributed by atoms with Crippen LogP contribution in [0.25, 0.3) is 0 Å². The standard InChI is InChI=1S/C16H31N5.HI/c1-7-17-16(18-10-8-12(2)3)19-11-9-15-13(4)20-21(6)14(15)5;/h12H,7-11H2,1-6H3,(H2,17,18,19);1H. The van der Waals surface area contributed by atoms with E-state index in [1.54, 1.807) is 0 Å². The summed E-state index contributed by atoms with van der Waals surface area (Å²) in [5, 5.41) is 11.2. The van der Waals surface area contributed by atoms with Crippen LogP contribution in [0.15, 0.2) is 4.99 Å². The summed E-state index contributed by atoms with van der Waals surface area (Å²) < 4.78 is 1.95. The zero-order valence-corrected chi connectivity index (χ0v) is 17.2. The lowest BCUT2D eigenvalue weighted by atomic mass is 10.1. The lowest BCUT2D eigenvalue weighted by molar-refractivity contribution is 0.594. The molecule has 1 aromatic heterocycles. The van der Waals surface area contributed by atoms with E-state index in [0.29, 0.717) is 5.92 Å². The molecule has 128 valence electrons. The van der Waals surface area contributed by atoms with Gasteiger partial charge in [0.2, 0.25) is 0 Å². The molecular formula is C16H32IN5. The Morgan fingerprint density at radius 2 is 1.95 bits per heavy atom. The third-order valence-corrected chi connectivity index (χ3v) is 3.65. The van der Waals surface area contributed by atoms with E-state index < -0.39 is 0 Å². The van der Waals surface area contributed by atoms with Crippen molar-refractivity contribution in [3.8, 4) is 0 Å². The van der Waals surface area contributed by atoms with Crippen LogP contribution in [0.3, 0.4) is 0 Å². The maximum atomic E-state index is 4.61. The van der Waals surface area contributed by atoms with E-state index >= 15 is 0 Å². The van der Waals surface area contributed by atoms with Gasteiger partial charge in [-0.1, -0.05) is 13.8 Å². The fourth-order valence-electron chi connectivity index (χ4n) is 2.26. The van der Waals surface area contributed by atoms with Crippen LogP contribution < -0.4 is 10.6 Å². The van der Waals surface area contributed by atoms with Crippen LogP contribution in [0.1, 0.15) is 44.1 Å². The summed E-state index contributed by atoms with van der Waals surface area (Å²) in [5.74, 6) is 1.61. The van der Waals surface area contributed by atoms with Gasteiger partial charge in [0.1, 0.15) is 0 Å². The summed E-state index contributed by atoms with van der Waals surface area (Å²) in [7, 11) is 2.00. The van der Waals surface area contributed by atoms with E-state index in [-0.39, 0.29) is 24.0 Å². The number of halogens is 1. The van der Waals surface area contributed by atoms with Crippen molar-refractivity contribution < 1.29 is 0 Å². The minimum absolute atomic E-state index is 0. The van der Waals surface area contributed by atoms with Crippen molar-refractivity contribution in [1.82, 2.24) is 20.4 Å².